The molecule has 1 aromatic carbocycles. The Morgan fingerprint density at radius 2 is 1.92 bits per heavy atom. The predicted octanol–water partition coefficient (Wildman–Crippen LogP) is 1.52. The number of amides is 2. The standard InChI is InChI=1S/C15H13FN2O5S/c16-10-4-1-2-6-12(10)24-9-14(20)23-8-13(19)17-18-15(21)11-5-3-7-22-11/h1-7H,8-9H2,(H,17,19)(H,18,21). The first-order valence-corrected chi connectivity index (χ1v) is 7.70. The lowest BCUT2D eigenvalue weighted by Crippen LogP contribution is -2.43. The van der Waals surface area contributed by atoms with E-state index in [2.05, 4.69) is 10.9 Å². The molecule has 0 aliphatic carbocycles. The van der Waals surface area contributed by atoms with Gasteiger partial charge in [0.25, 0.3) is 5.91 Å². The molecule has 0 radical (unpaired) electrons. The van der Waals surface area contributed by atoms with Crippen LogP contribution in [0.2, 0.25) is 0 Å². The Labute approximate surface area is 140 Å². The molecule has 2 aromatic rings. The first-order chi connectivity index (χ1) is 11.6. The molecular weight excluding hydrogens is 339 g/mol. The third-order valence-corrected chi connectivity index (χ3v) is 3.63. The monoisotopic (exact) mass is 352 g/mol. The van der Waals surface area contributed by atoms with Crippen LogP contribution in [-0.4, -0.2) is 30.1 Å². The third-order valence-electron chi connectivity index (χ3n) is 2.61. The molecule has 0 unspecified atom stereocenters. The highest BCUT2D eigenvalue weighted by Crippen LogP contribution is 2.20. The van der Waals surface area contributed by atoms with Crippen LogP contribution in [-0.2, 0) is 14.3 Å². The van der Waals surface area contributed by atoms with Crippen LogP contribution >= 0.6 is 11.8 Å². The summed E-state index contributed by atoms with van der Waals surface area (Å²) in [7, 11) is 0. The second-order valence-corrected chi connectivity index (χ2v) is 5.38. The van der Waals surface area contributed by atoms with Gasteiger partial charge in [0.1, 0.15) is 5.82 Å². The van der Waals surface area contributed by atoms with Gasteiger partial charge in [-0.05, 0) is 24.3 Å². The van der Waals surface area contributed by atoms with Gasteiger partial charge >= 0.3 is 11.9 Å². The minimum atomic E-state index is -0.723. The van der Waals surface area contributed by atoms with Crippen LogP contribution in [0.15, 0.2) is 52.0 Å². The maximum absolute atomic E-state index is 13.4. The van der Waals surface area contributed by atoms with Gasteiger partial charge in [-0.2, -0.15) is 0 Å². The Balaban J connectivity index is 1.65. The number of halogens is 1. The third kappa shape index (κ3) is 5.43. The van der Waals surface area contributed by atoms with Crippen molar-refractivity contribution in [1.82, 2.24) is 10.9 Å². The van der Waals surface area contributed by atoms with E-state index in [1.165, 1.54) is 30.5 Å². The fourth-order valence-corrected chi connectivity index (χ4v) is 2.26. The number of benzene rings is 1. The van der Waals surface area contributed by atoms with Gasteiger partial charge in [0.15, 0.2) is 12.4 Å². The van der Waals surface area contributed by atoms with Gasteiger partial charge in [0.2, 0.25) is 0 Å². The van der Waals surface area contributed by atoms with Crippen LogP contribution < -0.4 is 10.9 Å². The molecule has 0 atom stereocenters. The number of hydrogen-bond donors (Lipinski definition) is 2. The van der Waals surface area contributed by atoms with Gasteiger partial charge in [-0.1, -0.05) is 12.1 Å². The Kier molecular flexibility index (Phi) is 6.38. The van der Waals surface area contributed by atoms with Crippen molar-refractivity contribution in [2.24, 2.45) is 0 Å². The molecule has 0 fully saturated rings. The molecule has 0 aliphatic heterocycles. The highest BCUT2D eigenvalue weighted by atomic mass is 32.2. The molecule has 1 heterocycles. The molecule has 0 aliphatic rings. The number of nitrogens with one attached hydrogen (secondary N) is 2. The molecule has 0 spiro atoms. The minimum Gasteiger partial charge on any atom is -0.459 e. The molecule has 24 heavy (non-hydrogen) atoms. The number of thioether (sulfide) groups is 1. The smallest absolute Gasteiger partial charge is 0.316 e. The van der Waals surface area contributed by atoms with Crippen molar-refractivity contribution in [2.45, 2.75) is 4.90 Å². The lowest BCUT2D eigenvalue weighted by molar-refractivity contribution is -0.146. The molecule has 1 aromatic heterocycles. The minimum absolute atomic E-state index is 0.0218. The molecule has 7 nitrogen and oxygen atoms in total. The van der Waals surface area contributed by atoms with Crippen molar-refractivity contribution in [3.8, 4) is 0 Å². The molecule has 2 rings (SSSR count). The largest absolute Gasteiger partial charge is 0.459 e. The Morgan fingerprint density at radius 3 is 2.62 bits per heavy atom. The molecule has 9 heteroatoms. The fraction of sp³-hybridized carbons (Fsp3) is 0.133. The van der Waals surface area contributed by atoms with Crippen molar-refractivity contribution in [1.29, 1.82) is 0 Å². The predicted molar refractivity (Wildman–Crippen MR) is 82.4 cm³/mol. The van der Waals surface area contributed by atoms with Crippen molar-refractivity contribution in [3.63, 3.8) is 0 Å². The lowest BCUT2D eigenvalue weighted by Gasteiger charge is -2.07. The zero-order chi connectivity index (χ0) is 17.4. The van der Waals surface area contributed by atoms with Gasteiger partial charge in [0.05, 0.1) is 12.0 Å². The highest BCUT2D eigenvalue weighted by Gasteiger charge is 2.12. The van der Waals surface area contributed by atoms with Crippen molar-refractivity contribution in [3.05, 3.63) is 54.2 Å². The average Bonchev–Trinajstić information content (AvgIpc) is 3.11. The summed E-state index contributed by atoms with van der Waals surface area (Å²) in [4.78, 5) is 34.7. The van der Waals surface area contributed by atoms with Crippen LogP contribution in [0.5, 0.6) is 0 Å². The average molecular weight is 352 g/mol. The topological polar surface area (TPSA) is 97.6 Å². The second-order valence-electron chi connectivity index (χ2n) is 4.36. The summed E-state index contributed by atoms with van der Waals surface area (Å²) >= 11 is 0.960. The Bertz CT molecular complexity index is 720. The molecule has 2 N–H and O–H groups in total. The summed E-state index contributed by atoms with van der Waals surface area (Å²) in [5, 5.41) is 0. The van der Waals surface area contributed by atoms with Crippen molar-refractivity contribution < 1.29 is 27.9 Å². The fourth-order valence-electron chi connectivity index (χ4n) is 1.52. The molecule has 0 saturated carbocycles. The number of hydrogen-bond acceptors (Lipinski definition) is 6. The van der Waals surface area contributed by atoms with E-state index in [0.717, 1.165) is 11.8 Å². The number of esters is 1. The molecular formula is C15H13FN2O5S. The van der Waals surface area contributed by atoms with Crippen LogP contribution in [0.1, 0.15) is 10.6 Å². The number of ether oxygens (including phenoxy) is 1. The molecule has 126 valence electrons. The molecule has 0 bridgehead atoms. The van der Waals surface area contributed by atoms with E-state index in [4.69, 9.17) is 9.15 Å². The van der Waals surface area contributed by atoms with E-state index < -0.39 is 30.2 Å². The quantitative estimate of drug-likeness (QED) is 0.465. The number of carbonyl (C=O) groups is 3. The first kappa shape index (κ1) is 17.5. The summed E-state index contributed by atoms with van der Waals surface area (Å²) in [6, 6.07) is 8.94. The lowest BCUT2D eigenvalue weighted by atomic mass is 10.3. The molecule has 2 amide bonds. The maximum Gasteiger partial charge on any atom is 0.316 e. The molecule has 0 saturated heterocycles. The second kappa shape index (κ2) is 8.73. The van der Waals surface area contributed by atoms with E-state index in [1.807, 2.05) is 0 Å². The number of rotatable bonds is 6. The van der Waals surface area contributed by atoms with Gasteiger partial charge in [-0.3, -0.25) is 25.2 Å². The van der Waals surface area contributed by atoms with Crippen LogP contribution in [0.4, 0.5) is 4.39 Å². The zero-order valence-electron chi connectivity index (χ0n) is 12.3. The van der Waals surface area contributed by atoms with Gasteiger partial charge < -0.3 is 9.15 Å². The van der Waals surface area contributed by atoms with Gasteiger partial charge in [-0.15, -0.1) is 11.8 Å². The summed E-state index contributed by atoms with van der Waals surface area (Å²) < 4.78 is 22.9. The SMILES string of the molecule is O=C(COC(=O)CSc1ccccc1F)NNC(=O)c1ccco1. The number of hydrazine groups is 1. The Hall–Kier alpha value is -2.81. The van der Waals surface area contributed by atoms with Crippen molar-refractivity contribution in [2.75, 3.05) is 12.4 Å². The van der Waals surface area contributed by atoms with Gasteiger partial charge in [-0.25, -0.2) is 4.39 Å². The summed E-state index contributed by atoms with van der Waals surface area (Å²) in [5.41, 5.74) is 4.16. The van der Waals surface area contributed by atoms with E-state index >= 15 is 0 Å². The van der Waals surface area contributed by atoms with Gasteiger partial charge in [0, 0.05) is 4.90 Å². The van der Waals surface area contributed by atoms with E-state index in [9.17, 15) is 18.8 Å². The summed E-state index contributed by atoms with van der Waals surface area (Å²) in [5.74, 6) is -2.61. The summed E-state index contributed by atoms with van der Waals surface area (Å²) in [6.45, 7) is -0.574. The van der Waals surface area contributed by atoms with E-state index in [1.54, 1.807) is 12.1 Å². The van der Waals surface area contributed by atoms with Crippen LogP contribution in [0, 0.1) is 5.82 Å². The van der Waals surface area contributed by atoms with Crippen LogP contribution in [0.3, 0.4) is 0 Å². The maximum atomic E-state index is 13.4. The Morgan fingerprint density at radius 1 is 1.12 bits per heavy atom. The normalized spacial score (nSPS) is 10.0. The van der Waals surface area contributed by atoms with Crippen molar-refractivity contribution >= 4 is 29.5 Å². The zero-order valence-corrected chi connectivity index (χ0v) is 13.1. The number of furan rings is 1. The highest BCUT2D eigenvalue weighted by molar-refractivity contribution is 8.00. The number of carbonyl (C=O) groups excluding carboxylic acids is 3. The van der Waals surface area contributed by atoms with E-state index in [-0.39, 0.29) is 11.5 Å². The van der Waals surface area contributed by atoms with Crippen LogP contribution in [0.25, 0.3) is 0 Å². The first-order valence-electron chi connectivity index (χ1n) is 6.72. The van der Waals surface area contributed by atoms with E-state index in [0.29, 0.717) is 4.90 Å². The summed E-state index contributed by atoms with van der Waals surface area (Å²) in [6.07, 6.45) is 1.31.